The van der Waals surface area contributed by atoms with Crippen LogP contribution in [0, 0.1) is 0 Å². The number of benzene rings is 2. The van der Waals surface area contributed by atoms with Gasteiger partial charge < -0.3 is 15.4 Å². The van der Waals surface area contributed by atoms with E-state index in [1.807, 2.05) is 42.5 Å². The molecule has 0 aliphatic carbocycles. The second-order valence-electron chi connectivity index (χ2n) is 5.37. The highest BCUT2D eigenvalue weighted by atomic mass is 79.9. The third-order valence-electron chi connectivity index (χ3n) is 3.39. The largest absolute Gasteiger partial charge is 0.364 e. The zero-order valence-corrected chi connectivity index (χ0v) is 16.1. The molecule has 1 aromatic heterocycles. The zero-order valence-electron chi connectivity index (χ0n) is 13.7. The number of hydrogen-bond acceptors (Lipinski definition) is 5. The summed E-state index contributed by atoms with van der Waals surface area (Å²) in [6, 6.07) is 15.1. The third-order valence-corrected chi connectivity index (χ3v) is 5.09. The van der Waals surface area contributed by atoms with E-state index in [1.165, 1.54) is 11.3 Å². The molecule has 2 amide bonds. The van der Waals surface area contributed by atoms with Gasteiger partial charge in [0, 0.05) is 4.47 Å². The molecule has 0 spiro atoms. The van der Waals surface area contributed by atoms with Crippen LogP contribution in [0.3, 0.4) is 0 Å². The number of hydrogen-bond donors (Lipinski definition) is 2. The summed E-state index contributed by atoms with van der Waals surface area (Å²) in [5.74, 6) is -0.662. The summed E-state index contributed by atoms with van der Waals surface area (Å²) in [4.78, 5) is 28.1. The lowest BCUT2D eigenvalue weighted by molar-refractivity contribution is -0.128. The van der Waals surface area contributed by atoms with Crippen LogP contribution in [0.15, 0.2) is 53.0 Å². The van der Waals surface area contributed by atoms with Crippen molar-refractivity contribution in [3.8, 4) is 0 Å². The maximum atomic E-state index is 11.9. The number of ether oxygens (including phenoxy) is 1. The molecular weight excluding hydrogens is 418 g/mol. The van der Waals surface area contributed by atoms with Crippen LogP contribution in [0.4, 0.5) is 5.69 Å². The molecule has 0 saturated carbocycles. The van der Waals surface area contributed by atoms with E-state index in [4.69, 9.17) is 4.74 Å². The van der Waals surface area contributed by atoms with Gasteiger partial charge in [-0.15, -0.1) is 11.3 Å². The number of nitrogens with one attached hydrogen (secondary N) is 2. The van der Waals surface area contributed by atoms with Gasteiger partial charge in [0.05, 0.1) is 29.1 Å². The molecule has 2 aromatic carbocycles. The standard InChI is InChI=1S/C18H16BrN3O3S/c19-12-5-1-2-6-13(12)21-16(23)9-20-17(24)10-25-11-18-22-14-7-3-4-8-15(14)26-18/h1-8H,9-11H2,(H,20,24)(H,21,23). The quantitative estimate of drug-likeness (QED) is 0.598. The first-order valence-electron chi connectivity index (χ1n) is 7.85. The Morgan fingerprint density at radius 3 is 2.65 bits per heavy atom. The number of para-hydroxylation sites is 2. The monoisotopic (exact) mass is 433 g/mol. The van der Waals surface area contributed by atoms with Crippen LogP contribution in [0.25, 0.3) is 10.2 Å². The van der Waals surface area contributed by atoms with Crippen LogP contribution in [-0.2, 0) is 20.9 Å². The molecule has 26 heavy (non-hydrogen) atoms. The topological polar surface area (TPSA) is 80.3 Å². The Hall–Kier alpha value is -2.29. The second kappa shape index (κ2) is 8.88. The van der Waals surface area contributed by atoms with Gasteiger partial charge in [0.15, 0.2) is 0 Å². The lowest BCUT2D eigenvalue weighted by Gasteiger charge is -2.08. The van der Waals surface area contributed by atoms with Crippen molar-refractivity contribution >= 4 is 55.0 Å². The average molecular weight is 434 g/mol. The molecule has 134 valence electrons. The van der Waals surface area contributed by atoms with E-state index in [2.05, 4.69) is 31.5 Å². The van der Waals surface area contributed by atoms with Crippen molar-refractivity contribution < 1.29 is 14.3 Å². The highest BCUT2D eigenvalue weighted by Crippen LogP contribution is 2.22. The molecule has 2 N–H and O–H groups in total. The maximum absolute atomic E-state index is 11.9. The highest BCUT2D eigenvalue weighted by Gasteiger charge is 2.09. The SMILES string of the molecule is O=C(COCc1nc2ccccc2s1)NCC(=O)Nc1ccccc1Br. The smallest absolute Gasteiger partial charge is 0.246 e. The molecule has 0 saturated heterocycles. The fraction of sp³-hybridized carbons (Fsp3) is 0.167. The van der Waals surface area contributed by atoms with Crippen molar-refractivity contribution in [2.24, 2.45) is 0 Å². The molecule has 3 aromatic rings. The summed E-state index contributed by atoms with van der Waals surface area (Å²) < 4.78 is 7.24. The van der Waals surface area contributed by atoms with Crippen molar-refractivity contribution in [2.75, 3.05) is 18.5 Å². The van der Waals surface area contributed by atoms with Gasteiger partial charge in [-0.25, -0.2) is 4.98 Å². The number of rotatable bonds is 7. The van der Waals surface area contributed by atoms with Gasteiger partial charge >= 0.3 is 0 Å². The summed E-state index contributed by atoms with van der Waals surface area (Å²) in [6.07, 6.45) is 0. The normalized spacial score (nSPS) is 10.7. The van der Waals surface area contributed by atoms with Crippen molar-refractivity contribution in [2.45, 2.75) is 6.61 Å². The van der Waals surface area contributed by atoms with Crippen molar-refractivity contribution in [3.05, 3.63) is 58.0 Å². The Morgan fingerprint density at radius 2 is 1.85 bits per heavy atom. The van der Waals surface area contributed by atoms with Gasteiger partial charge in [0.25, 0.3) is 0 Å². The number of halogens is 1. The van der Waals surface area contributed by atoms with Crippen LogP contribution in [0.2, 0.25) is 0 Å². The van der Waals surface area contributed by atoms with E-state index in [-0.39, 0.29) is 31.6 Å². The summed E-state index contributed by atoms with van der Waals surface area (Å²) >= 11 is 4.88. The third kappa shape index (κ3) is 5.10. The summed E-state index contributed by atoms with van der Waals surface area (Å²) in [5.41, 5.74) is 1.57. The van der Waals surface area contributed by atoms with E-state index in [0.29, 0.717) is 5.69 Å². The number of amides is 2. The number of fused-ring (bicyclic) bond motifs is 1. The fourth-order valence-electron chi connectivity index (χ4n) is 2.20. The summed E-state index contributed by atoms with van der Waals surface area (Å²) in [6.45, 7) is 0.0127. The maximum Gasteiger partial charge on any atom is 0.246 e. The molecule has 1 heterocycles. The van der Waals surface area contributed by atoms with Crippen molar-refractivity contribution in [3.63, 3.8) is 0 Å². The molecule has 6 nitrogen and oxygen atoms in total. The minimum Gasteiger partial charge on any atom is -0.364 e. The molecule has 0 bridgehead atoms. The van der Waals surface area contributed by atoms with Crippen LogP contribution < -0.4 is 10.6 Å². The number of nitrogens with zero attached hydrogens (tertiary/aromatic N) is 1. The summed E-state index contributed by atoms with van der Waals surface area (Å²) in [5, 5.41) is 6.05. The first-order chi connectivity index (χ1) is 12.6. The molecule has 3 rings (SSSR count). The van der Waals surface area contributed by atoms with Gasteiger partial charge in [-0.3, -0.25) is 9.59 Å². The van der Waals surface area contributed by atoms with E-state index in [0.717, 1.165) is 19.7 Å². The number of carbonyl (C=O) groups excluding carboxylic acids is 2. The number of anilines is 1. The van der Waals surface area contributed by atoms with Gasteiger partial charge in [-0.1, -0.05) is 24.3 Å². The van der Waals surface area contributed by atoms with E-state index < -0.39 is 0 Å². The van der Waals surface area contributed by atoms with Crippen LogP contribution in [-0.4, -0.2) is 29.9 Å². The average Bonchev–Trinajstić information content (AvgIpc) is 3.05. The predicted molar refractivity (Wildman–Crippen MR) is 105 cm³/mol. The number of aromatic nitrogens is 1. The Morgan fingerprint density at radius 1 is 1.08 bits per heavy atom. The molecule has 0 aliphatic heterocycles. The van der Waals surface area contributed by atoms with Gasteiger partial charge in [-0.2, -0.15) is 0 Å². The predicted octanol–water partition coefficient (Wildman–Crippen LogP) is 3.33. The lowest BCUT2D eigenvalue weighted by atomic mass is 10.3. The van der Waals surface area contributed by atoms with E-state index in [1.54, 1.807) is 6.07 Å². The Kier molecular flexibility index (Phi) is 6.32. The first-order valence-corrected chi connectivity index (χ1v) is 9.46. The Labute approximate surface area is 162 Å². The minimum atomic E-state index is -0.353. The molecular formula is C18H16BrN3O3S. The minimum absolute atomic E-state index is 0.120. The molecule has 0 unspecified atom stereocenters. The summed E-state index contributed by atoms with van der Waals surface area (Å²) in [7, 11) is 0. The molecule has 0 atom stereocenters. The molecule has 8 heteroatoms. The van der Waals surface area contributed by atoms with Crippen LogP contribution in [0.1, 0.15) is 5.01 Å². The number of thiazole rings is 1. The zero-order chi connectivity index (χ0) is 18.4. The van der Waals surface area contributed by atoms with Crippen molar-refractivity contribution in [1.82, 2.24) is 10.3 Å². The molecule has 0 fully saturated rings. The number of carbonyl (C=O) groups is 2. The Bertz CT molecular complexity index is 896. The van der Waals surface area contributed by atoms with Crippen LogP contribution in [0.5, 0.6) is 0 Å². The van der Waals surface area contributed by atoms with Gasteiger partial charge in [0.2, 0.25) is 11.8 Å². The first kappa shape index (κ1) is 18.5. The van der Waals surface area contributed by atoms with E-state index >= 15 is 0 Å². The second-order valence-corrected chi connectivity index (χ2v) is 7.34. The van der Waals surface area contributed by atoms with E-state index in [9.17, 15) is 9.59 Å². The van der Waals surface area contributed by atoms with Crippen molar-refractivity contribution in [1.29, 1.82) is 0 Å². The van der Waals surface area contributed by atoms with Gasteiger partial charge in [0.1, 0.15) is 11.6 Å². The Balaban J connectivity index is 1.38. The molecule has 0 aliphatic rings. The highest BCUT2D eigenvalue weighted by molar-refractivity contribution is 9.10. The van der Waals surface area contributed by atoms with Gasteiger partial charge in [-0.05, 0) is 40.2 Å². The molecule has 0 radical (unpaired) electrons. The fourth-order valence-corrected chi connectivity index (χ4v) is 3.49. The van der Waals surface area contributed by atoms with Crippen LogP contribution >= 0.6 is 27.3 Å². The lowest BCUT2D eigenvalue weighted by Crippen LogP contribution is -2.35.